The van der Waals surface area contributed by atoms with Gasteiger partial charge in [0.15, 0.2) is 0 Å². The molecule has 0 radical (unpaired) electrons. The minimum Gasteiger partial charge on any atom is -0.389 e. The summed E-state index contributed by atoms with van der Waals surface area (Å²) < 4.78 is 0. The summed E-state index contributed by atoms with van der Waals surface area (Å²) in [7, 11) is 0. The first-order valence-corrected chi connectivity index (χ1v) is 5.89. The number of aromatic nitrogens is 1. The van der Waals surface area contributed by atoms with Crippen molar-refractivity contribution in [1.29, 1.82) is 0 Å². The molecule has 6 nitrogen and oxygen atoms in total. The van der Waals surface area contributed by atoms with Gasteiger partial charge < -0.3 is 10.0 Å². The Bertz CT molecular complexity index is 446. The maximum Gasteiger partial charge on any atom is 0.289 e. The molecular weight excluding hydrogens is 258 g/mol. The van der Waals surface area contributed by atoms with E-state index in [-0.39, 0.29) is 10.7 Å². The van der Waals surface area contributed by atoms with Crippen LogP contribution in [0, 0.1) is 10.1 Å². The zero-order valence-corrected chi connectivity index (χ0v) is 11.3. The summed E-state index contributed by atoms with van der Waals surface area (Å²) in [4.78, 5) is 15.8. The fourth-order valence-corrected chi connectivity index (χ4v) is 1.84. The number of halogens is 1. The quantitative estimate of drug-likeness (QED) is 0.657. The maximum atomic E-state index is 10.6. The van der Waals surface area contributed by atoms with Gasteiger partial charge in [-0.15, -0.1) is 0 Å². The third-order valence-corrected chi connectivity index (χ3v) is 2.56. The molecule has 0 aliphatic heterocycles. The van der Waals surface area contributed by atoms with Crippen LogP contribution in [0.4, 0.5) is 11.5 Å². The van der Waals surface area contributed by atoms with Crippen LogP contribution >= 0.6 is 11.6 Å². The Morgan fingerprint density at radius 1 is 1.61 bits per heavy atom. The Labute approximate surface area is 110 Å². The van der Waals surface area contributed by atoms with Gasteiger partial charge in [0, 0.05) is 19.2 Å². The SMILES string of the molecule is CCN(CC(C)(C)O)c1ncc([N+](=O)[O-])cc1Cl. The molecule has 0 aliphatic rings. The largest absolute Gasteiger partial charge is 0.389 e. The minimum atomic E-state index is -0.900. The van der Waals surface area contributed by atoms with Gasteiger partial charge in [-0.25, -0.2) is 4.98 Å². The number of nitro groups is 1. The standard InChI is InChI=1S/C11H16ClN3O3/c1-4-14(7-11(2,3)16)10-9(12)5-8(6-13-10)15(17)18/h5-6,16H,4,7H2,1-3H3. The molecule has 0 spiro atoms. The highest BCUT2D eigenvalue weighted by Crippen LogP contribution is 2.27. The summed E-state index contributed by atoms with van der Waals surface area (Å²) in [6, 6.07) is 1.26. The number of pyridine rings is 1. The van der Waals surface area contributed by atoms with Crippen molar-refractivity contribution in [2.45, 2.75) is 26.4 Å². The normalized spacial score (nSPS) is 11.4. The Morgan fingerprint density at radius 2 is 2.22 bits per heavy atom. The van der Waals surface area contributed by atoms with Gasteiger partial charge >= 0.3 is 0 Å². The molecule has 0 aliphatic carbocycles. The van der Waals surface area contributed by atoms with Crippen molar-refractivity contribution in [3.63, 3.8) is 0 Å². The van der Waals surface area contributed by atoms with Crippen molar-refractivity contribution in [1.82, 2.24) is 4.98 Å². The van der Waals surface area contributed by atoms with Gasteiger partial charge in [0.05, 0.1) is 15.5 Å². The monoisotopic (exact) mass is 273 g/mol. The Balaban J connectivity index is 3.04. The van der Waals surface area contributed by atoms with Crippen LogP contribution in [0.5, 0.6) is 0 Å². The molecule has 0 aromatic carbocycles. The number of anilines is 1. The van der Waals surface area contributed by atoms with Crippen LogP contribution in [0.2, 0.25) is 5.02 Å². The van der Waals surface area contributed by atoms with Crippen molar-refractivity contribution in [2.75, 3.05) is 18.0 Å². The second-order valence-corrected chi connectivity index (χ2v) is 4.99. The number of likely N-dealkylation sites (N-methyl/N-ethyl adjacent to an activating group) is 1. The average Bonchev–Trinajstić information content (AvgIpc) is 2.24. The van der Waals surface area contributed by atoms with Crippen LogP contribution in [0.25, 0.3) is 0 Å². The molecule has 0 bridgehead atoms. The van der Waals surface area contributed by atoms with E-state index in [1.54, 1.807) is 18.7 Å². The van der Waals surface area contributed by atoms with E-state index >= 15 is 0 Å². The van der Waals surface area contributed by atoms with E-state index in [1.165, 1.54) is 6.07 Å². The number of rotatable bonds is 5. The van der Waals surface area contributed by atoms with Gasteiger partial charge in [0.25, 0.3) is 5.69 Å². The fraction of sp³-hybridized carbons (Fsp3) is 0.545. The summed E-state index contributed by atoms with van der Waals surface area (Å²) >= 11 is 5.99. The van der Waals surface area contributed by atoms with Gasteiger partial charge in [0.1, 0.15) is 12.0 Å². The van der Waals surface area contributed by atoms with Crippen molar-refractivity contribution in [2.24, 2.45) is 0 Å². The third-order valence-electron chi connectivity index (χ3n) is 2.28. The first-order valence-electron chi connectivity index (χ1n) is 5.52. The van der Waals surface area contributed by atoms with Gasteiger partial charge in [-0.05, 0) is 20.8 Å². The van der Waals surface area contributed by atoms with Crippen LogP contribution in [0.3, 0.4) is 0 Å². The summed E-state index contributed by atoms with van der Waals surface area (Å²) in [6.07, 6.45) is 1.16. The zero-order chi connectivity index (χ0) is 13.9. The van der Waals surface area contributed by atoms with Crippen LogP contribution in [0.15, 0.2) is 12.3 Å². The van der Waals surface area contributed by atoms with Crippen LogP contribution in [-0.4, -0.2) is 33.7 Å². The summed E-state index contributed by atoms with van der Waals surface area (Å²) in [5.74, 6) is 0.437. The van der Waals surface area contributed by atoms with Crippen LogP contribution < -0.4 is 4.90 Å². The molecule has 1 aromatic heterocycles. The highest BCUT2D eigenvalue weighted by atomic mass is 35.5. The molecule has 0 amide bonds. The Kier molecular flexibility index (Phi) is 4.48. The lowest BCUT2D eigenvalue weighted by molar-refractivity contribution is -0.385. The average molecular weight is 274 g/mol. The summed E-state index contributed by atoms with van der Waals surface area (Å²) in [5.41, 5.74) is -1.05. The Morgan fingerprint density at radius 3 is 2.61 bits per heavy atom. The summed E-state index contributed by atoms with van der Waals surface area (Å²) in [6.45, 7) is 6.18. The zero-order valence-electron chi connectivity index (χ0n) is 10.6. The first kappa shape index (κ1) is 14.7. The van der Waals surface area contributed by atoms with E-state index < -0.39 is 10.5 Å². The van der Waals surface area contributed by atoms with Gasteiger partial charge in [-0.3, -0.25) is 10.1 Å². The van der Waals surface area contributed by atoms with Crippen molar-refractivity contribution in [3.8, 4) is 0 Å². The lowest BCUT2D eigenvalue weighted by Crippen LogP contribution is -2.39. The van der Waals surface area contributed by atoms with E-state index in [1.807, 2.05) is 6.92 Å². The molecule has 1 N–H and O–H groups in total. The van der Waals surface area contributed by atoms with E-state index in [4.69, 9.17) is 11.6 Å². The number of nitrogens with zero attached hydrogens (tertiary/aromatic N) is 3. The molecule has 7 heteroatoms. The van der Waals surface area contributed by atoms with Crippen molar-refractivity contribution >= 4 is 23.1 Å². The van der Waals surface area contributed by atoms with Crippen molar-refractivity contribution in [3.05, 3.63) is 27.4 Å². The molecule has 18 heavy (non-hydrogen) atoms. The molecule has 0 saturated carbocycles. The Hall–Kier alpha value is -1.40. The fourth-order valence-electron chi connectivity index (χ4n) is 1.56. The highest BCUT2D eigenvalue weighted by molar-refractivity contribution is 6.33. The second-order valence-electron chi connectivity index (χ2n) is 4.58. The summed E-state index contributed by atoms with van der Waals surface area (Å²) in [5, 5.41) is 20.6. The molecule has 0 saturated heterocycles. The predicted molar refractivity (Wildman–Crippen MR) is 70.1 cm³/mol. The van der Waals surface area contributed by atoms with E-state index in [9.17, 15) is 15.2 Å². The maximum absolute atomic E-state index is 10.6. The molecule has 1 rings (SSSR count). The van der Waals surface area contributed by atoms with Gasteiger partial charge in [-0.2, -0.15) is 0 Å². The predicted octanol–water partition coefficient (Wildman–Crippen LogP) is 2.24. The van der Waals surface area contributed by atoms with Gasteiger partial charge in [-0.1, -0.05) is 11.6 Å². The molecule has 0 atom stereocenters. The topological polar surface area (TPSA) is 79.5 Å². The van der Waals surface area contributed by atoms with Crippen molar-refractivity contribution < 1.29 is 10.0 Å². The van der Waals surface area contributed by atoms with E-state index in [0.29, 0.717) is 18.9 Å². The van der Waals surface area contributed by atoms with Gasteiger partial charge in [0.2, 0.25) is 0 Å². The number of aliphatic hydroxyl groups is 1. The number of hydrogen-bond donors (Lipinski definition) is 1. The second kappa shape index (κ2) is 5.49. The molecule has 100 valence electrons. The highest BCUT2D eigenvalue weighted by Gasteiger charge is 2.21. The smallest absolute Gasteiger partial charge is 0.289 e. The van der Waals surface area contributed by atoms with Crippen LogP contribution in [0.1, 0.15) is 20.8 Å². The molecule has 1 heterocycles. The number of hydrogen-bond acceptors (Lipinski definition) is 5. The lowest BCUT2D eigenvalue weighted by atomic mass is 10.1. The van der Waals surface area contributed by atoms with Crippen LogP contribution in [-0.2, 0) is 0 Å². The molecular formula is C11H16ClN3O3. The third kappa shape index (κ3) is 3.82. The molecule has 1 aromatic rings. The molecule has 0 unspecified atom stereocenters. The van der Waals surface area contributed by atoms with E-state index in [2.05, 4.69) is 4.98 Å². The first-order chi connectivity index (χ1) is 8.24. The van der Waals surface area contributed by atoms with E-state index in [0.717, 1.165) is 6.20 Å². The lowest BCUT2D eigenvalue weighted by Gasteiger charge is -2.29. The molecule has 0 fully saturated rings. The minimum absolute atomic E-state index is 0.150.